The van der Waals surface area contributed by atoms with Crippen LogP contribution in [0.25, 0.3) is 0 Å². The Bertz CT molecular complexity index is 553. The van der Waals surface area contributed by atoms with E-state index in [1.165, 1.54) is 23.8 Å². The summed E-state index contributed by atoms with van der Waals surface area (Å²) in [6, 6.07) is 13.5. The van der Waals surface area contributed by atoms with E-state index < -0.39 is 5.82 Å². The number of benzene rings is 2. The summed E-state index contributed by atoms with van der Waals surface area (Å²) in [4.78, 5) is 10.9. The quantitative estimate of drug-likeness (QED) is 0.685. The van der Waals surface area contributed by atoms with E-state index in [0.717, 1.165) is 5.75 Å². The number of carbonyl (C=O) groups excluding carboxylic acids is 1. The van der Waals surface area contributed by atoms with Gasteiger partial charge in [-0.05, 0) is 31.2 Å². The van der Waals surface area contributed by atoms with Crippen LogP contribution in [0.4, 0.5) is 4.39 Å². The van der Waals surface area contributed by atoms with E-state index in [1.807, 2.05) is 24.3 Å². The molecule has 0 saturated heterocycles. The minimum absolute atomic E-state index is 0.115. The van der Waals surface area contributed by atoms with Crippen LogP contribution in [0.5, 0.6) is 5.75 Å². The largest absolute Gasteiger partial charge is 0.497 e. The summed E-state index contributed by atoms with van der Waals surface area (Å²) in [5, 5.41) is 0. The van der Waals surface area contributed by atoms with E-state index in [9.17, 15) is 9.18 Å². The minimum Gasteiger partial charge on any atom is -0.497 e. The van der Waals surface area contributed by atoms with Gasteiger partial charge in [0.15, 0.2) is 5.78 Å². The highest BCUT2D eigenvalue weighted by Gasteiger charge is 2.02. The minimum atomic E-state index is -0.391. The Morgan fingerprint density at radius 1 is 1.20 bits per heavy atom. The number of rotatable bonds is 3. The number of ether oxygens (including phenoxy) is 1. The number of carbonyl (C=O) groups is 1. The van der Waals surface area contributed by atoms with Crippen molar-refractivity contribution in [3.8, 4) is 5.75 Å². The van der Waals surface area contributed by atoms with Crippen LogP contribution in [-0.2, 0) is 0 Å². The highest BCUT2D eigenvalue weighted by atomic mass is 32.1. The number of methoxy groups -OCH3 is 1. The molecule has 0 aliphatic rings. The van der Waals surface area contributed by atoms with Crippen molar-refractivity contribution in [1.29, 1.82) is 0 Å². The van der Waals surface area contributed by atoms with Crippen molar-refractivity contribution < 1.29 is 13.9 Å². The molecule has 0 N–H and O–H groups in total. The number of aryl methyl sites for hydroxylation is 1. The van der Waals surface area contributed by atoms with Gasteiger partial charge in [-0.15, -0.1) is 0 Å². The number of halogens is 1. The Kier molecular flexibility index (Phi) is 6.81. The summed E-state index contributed by atoms with van der Waals surface area (Å²) in [5.41, 5.74) is 1.64. The summed E-state index contributed by atoms with van der Waals surface area (Å²) < 4.78 is 17.5. The van der Waals surface area contributed by atoms with Gasteiger partial charge in [-0.1, -0.05) is 29.8 Å². The molecule has 0 unspecified atom stereocenters. The molecule has 0 aliphatic carbocycles. The second-order valence-corrected chi connectivity index (χ2v) is 4.43. The highest BCUT2D eigenvalue weighted by molar-refractivity contribution is 7.81. The first-order valence-corrected chi connectivity index (χ1v) is 6.70. The lowest BCUT2D eigenvalue weighted by Gasteiger charge is -1.97. The topological polar surface area (TPSA) is 26.3 Å². The van der Waals surface area contributed by atoms with Gasteiger partial charge in [-0.2, -0.15) is 12.6 Å². The van der Waals surface area contributed by atoms with Gasteiger partial charge in [0.2, 0.25) is 0 Å². The molecule has 0 amide bonds. The van der Waals surface area contributed by atoms with Crippen LogP contribution < -0.4 is 4.74 Å². The molecule has 0 radical (unpaired) electrons. The van der Waals surface area contributed by atoms with Crippen molar-refractivity contribution in [3.63, 3.8) is 0 Å². The number of ketones is 1. The molecule has 2 aromatic carbocycles. The zero-order valence-electron chi connectivity index (χ0n) is 11.5. The van der Waals surface area contributed by atoms with Crippen molar-refractivity contribution in [2.45, 2.75) is 6.92 Å². The lowest BCUT2D eigenvalue weighted by molar-refractivity contribution is 0.102. The van der Waals surface area contributed by atoms with Crippen LogP contribution in [0.3, 0.4) is 0 Å². The average molecular weight is 292 g/mol. The molecule has 0 aromatic heterocycles. The first-order chi connectivity index (χ1) is 9.56. The molecule has 0 bridgehead atoms. The summed E-state index contributed by atoms with van der Waals surface area (Å²) >= 11 is 3.79. The highest BCUT2D eigenvalue weighted by Crippen LogP contribution is 2.09. The Hall–Kier alpha value is -1.81. The van der Waals surface area contributed by atoms with Crippen LogP contribution in [-0.4, -0.2) is 18.6 Å². The van der Waals surface area contributed by atoms with Crippen LogP contribution in [0.1, 0.15) is 15.9 Å². The van der Waals surface area contributed by atoms with Crippen LogP contribution in [0.15, 0.2) is 48.5 Å². The zero-order valence-corrected chi connectivity index (χ0v) is 12.4. The maximum Gasteiger partial charge on any atom is 0.172 e. The smallest absolute Gasteiger partial charge is 0.172 e. The third-order valence-electron chi connectivity index (χ3n) is 2.55. The second kappa shape index (κ2) is 8.38. The molecule has 0 spiro atoms. The van der Waals surface area contributed by atoms with Gasteiger partial charge in [0.25, 0.3) is 0 Å². The van der Waals surface area contributed by atoms with Gasteiger partial charge >= 0.3 is 0 Å². The fourth-order valence-electron chi connectivity index (χ4n) is 1.43. The second-order valence-electron chi connectivity index (χ2n) is 4.11. The fraction of sp³-hybridized carbons (Fsp3) is 0.188. The van der Waals surface area contributed by atoms with E-state index in [2.05, 4.69) is 19.6 Å². The van der Waals surface area contributed by atoms with E-state index >= 15 is 0 Å². The maximum atomic E-state index is 12.5. The van der Waals surface area contributed by atoms with E-state index in [0.29, 0.717) is 5.56 Å². The van der Waals surface area contributed by atoms with Crippen molar-refractivity contribution in [2.75, 3.05) is 12.9 Å². The van der Waals surface area contributed by atoms with Crippen molar-refractivity contribution in [1.82, 2.24) is 0 Å². The molecule has 0 aliphatic heterocycles. The fourth-order valence-corrected chi connectivity index (χ4v) is 1.61. The molecular formula is C16H17FO2S. The van der Waals surface area contributed by atoms with Crippen molar-refractivity contribution in [3.05, 3.63) is 65.5 Å². The van der Waals surface area contributed by atoms with Gasteiger partial charge < -0.3 is 4.74 Å². The molecule has 0 heterocycles. The summed E-state index contributed by atoms with van der Waals surface area (Å²) in [6.45, 7) is 2.06. The Morgan fingerprint density at radius 2 is 1.85 bits per heavy atom. The Morgan fingerprint density at radius 3 is 2.35 bits per heavy atom. The maximum absolute atomic E-state index is 12.5. The van der Waals surface area contributed by atoms with Crippen molar-refractivity contribution >= 4 is 18.4 Å². The lowest BCUT2D eigenvalue weighted by atomic mass is 10.1. The predicted octanol–water partition coefficient (Wildman–Crippen LogP) is 3.94. The standard InChI is InChI=1S/C8H7FOS.C8H10O/c9-7-3-1-2-6(4-7)8(10)5-11;1-7-3-5-8(9-2)6-4-7/h1-4,11H,5H2;3-6H,1-2H3. The van der Waals surface area contributed by atoms with Crippen LogP contribution in [0.2, 0.25) is 0 Å². The first-order valence-electron chi connectivity index (χ1n) is 6.07. The SMILES string of the molecule is COc1ccc(C)cc1.O=C(CS)c1cccc(F)c1. The molecule has 2 aromatic rings. The summed E-state index contributed by atoms with van der Waals surface area (Å²) in [7, 11) is 1.67. The van der Waals surface area contributed by atoms with Crippen molar-refractivity contribution in [2.24, 2.45) is 0 Å². The number of hydrogen-bond donors (Lipinski definition) is 1. The van der Waals surface area contributed by atoms with E-state index in [4.69, 9.17) is 4.74 Å². The predicted molar refractivity (Wildman–Crippen MR) is 82.3 cm³/mol. The normalized spacial score (nSPS) is 9.40. The number of hydrogen-bond acceptors (Lipinski definition) is 3. The van der Waals surface area contributed by atoms with E-state index in [1.54, 1.807) is 13.2 Å². The molecule has 0 fully saturated rings. The Labute approximate surface area is 124 Å². The summed E-state index contributed by atoms with van der Waals surface area (Å²) in [6.07, 6.45) is 0. The zero-order chi connectivity index (χ0) is 15.0. The Balaban J connectivity index is 0.000000204. The molecular weight excluding hydrogens is 275 g/mol. The van der Waals surface area contributed by atoms with Gasteiger partial charge in [-0.25, -0.2) is 4.39 Å². The lowest BCUT2D eigenvalue weighted by Crippen LogP contribution is -1.99. The summed E-state index contributed by atoms with van der Waals surface area (Å²) in [5.74, 6) is 0.481. The van der Waals surface area contributed by atoms with E-state index in [-0.39, 0.29) is 11.5 Å². The van der Waals surface area contributed by atoms with Gasteiger partial charge in [0.05, 0.1) is 12.9 Å². The van der Waals surface area contributed by atoms with Gasteiger partial charge in [-0.3, -0.25) is 4.79 Å². The molecule has 2 rings (SSSR count). The third-order valence-corrected chi connectivity index (χ3v) is 2.83. The average Bonchev–Trinajstić information content (AvgIpc) is 2.48. The molecule has 20 heavy (non-hydrogen) atoms. The van der Waals surface area contributed by atoms with Gasteiger partial charge in [0, 0.05) is 5.56 Å². The molecule has 0 atom stereocenters. The monoisotopic (exact) mass is 292 g/mol. The van der Waals surface area contributed by atoms with Gasteiger partial charge in [0.1, 0.15) is 11.6 Å². The molecule has 2 nitrogen and oxygen atoms in total. The molecule has 4 heteroatoms. The van der Waals surface area contributed by atoms with Crippen LogP contribution >= 0.6 is 12.6 Å². The molecule has 106 valence electrons. The number of thiol groups is 1. The first kappa shape index (κ1) is 16.2. The van der Waals surface area contributed by atoms with Crippen LogP contribution in [0, 0.1) is 12.7 Å². The third kappa shape index (κ3) is 5.45. The molecule has 0 saturated carbocycles. The number of Topliss-reactive ketones (excluding diaryl/α,β-unsaturated/α-hetero) is 1.